The highest BCUT2D eigenvalue weighted by molar-refractivity contribution is 6.13. The maximum absolute atomic E-state index is 12.9. The van der Waals surface area contributed by atoms with E-state index in [0.717, 1.165) is 149 Å². The standard InChI is InChI=1S/C24H29NO3.C24H27NO3.C13H17NO.C11H12O3.ClH/c2*1-27-22-14-19-13-20(24(26)21(19)15-23(22)28-2)12-17-8-10-25(11-9-17)16-18-6-4-3-5-7-18;15-11-13-6-8-14(9-7-13)10-12-4-2-1-3-5-12;1-13-10-5-7-3-4-9(12)8(7)6-11(10)14-2;/h3-7,14-15,17,20H,8-13,16H2,1-2H3;3-7,12,14-15,17H,8-11,13,16H2,1-2H3;1-5,11,13H,6-10H2;5-6H,3-4H2,1-2H3;1H. The van der Waals surface area contributed by atoms with Gasteiger partial charge in [0, 0.05) is 66.6 Å². The molecule has 3 fully saturated rings. The fourth-order valence-corrected chi connectivity index (χ4v) is 12.8. The summed E-state index contributed by atoms with van der Waals surface area (Å²) in [6.07, 6.45) is 13.9. The number of fused-ring (bicyclic) bond motifs is 3. The average Bonchev–Trinajstić information content (AvgIpc) is 2.66. The monoisotopic (exact) mass is 1190 g/mol. The van der Waals surface area contributed by atoms with Crippen molar-refractivity contribution in [1.29, 1.82) is 0 Å². The molecule has 0 N–H and O–H groups in total. The van der Waals surface area contributed by atoms with Crippen LogP contribution in [0.5, 0.6) is 34.5 Å². The topological polar surface area (TPSA) is 133 Å². The number of halogens is 1. The molecule has 6 aromatic rings. The fourth-order valence-electron chi connectivity index (χ4n) is 12.8. The highest BCUT2D eigenvalue weighted by Gasteiger charge is 2.35. The first kappa shape index (κ1) is 64.7. The minimum Gasteiger partial charge on any atom is -0.493 e. The lowest BCUT2D eigenvalue weighted by Gasteiger charge is -2.32. The summed E-state index contributed by atoms with van der Waals surface area (Å²) in [5, 5.41) is 0. The van der Waals surface area contributed by atoms with Gasteiger partial charge in [-0.2, -0.15) is 0 Å². The number of hydrogen-bond donors (Lipinski definition) is 0. The summed E-state index contributed by atoms with van der Waals surface area (Å²) in [6.45, 7) is 9.56. The Labute approximate surface area is 515 Å². The number of hydrogen-bond acceptors (Lipinski definition) is 13. The third kappa shape index (κ3) is 16.8. The Morgan fingerprint density at radius 1 is 0.453 bits per heavy atom. The average molecular weight is 1190 g/mol. The van der Waals surface area contributed by atoms with E-state index in [9.17, 15) is 19.2 Å². The summed E-state index contributed by atoms with van der Waals surface area (Å²) in [5.41, 5.74) is 10.6. The third-order valence-electron chi connectivity index (χ3n) is 17.7. The first-order valence-corrected chi connectivity index (χ1v) is 30.3. The van der Waals surface area contributed by atoms with Gasteiger partial charge in [0.2, 0.25) is 0 Å². The lowest BCUT2D eigenvalue weighted by molar-refractivity contribution is -0.112. The molecule has 12 rings (SSSR count). The van der Waals surface area contributed by atoms with Gasteiger partial charge in [-0.1, -0.05) is 97.1 Å². The van der Waals surface area contributed by atoms with Gasteiger partial charge in [-0.15, -0.1) is 12.4 Å². The number of nitrogens with zero attached hydrogens (tertiary/aromatic N) is 3. The Hall–Kier alpha value is -7.29. The highest BCUT2D eigenvalue weighted by atomic mass is 35.5. The molecular weight excluding hydrogens is 1100 g/mol. The number of Topliss-reactive ketones (excluding diaryl/α,β-unsaturated/α-hetero) is 3. The molecule has 0 radical (unpaired) electrons. The predicted octanol–water partition coefficient (Wildman–Crippen LogP) is 13.0. The summed E-state index contributed by atoms with van der Waals surface area (Å²) in [5.74, 6) is 6.12. The molecule has 3 heterocycles. The number of aryl methyl sites for hydroxylation is 1. The molecule has 0 saturated carbocycles. The van der Waals surface area contributed by atoms with Crippen molar-refractivity contribution >= 4 is 36.0 Å². The second-order valence-corrected chi connectivity index (χ2v) is 23.3. The molecule has 3 saturated heterocycles. The van der Waals surface area contributed by atoms with Crippen molar-refractivity contribution in [2.45, 2.75) is 90.3 Å². The fraction of sp³-hybridized carbons (Fsp3) is 0.417. The molecule has 6 aromatic carbocycles. The Balaban J connectivity index is 0.000000155. The van der Waals surface area contributed by atoms with Gasteiger partial charge in [-0.25, -0.2) is 0 Å². The van der Waals surface area contributed by atoms with E-state index in [-0.39, 0.29) is 35.7 Å². The van der Waals surface area contributed by atoms with Crippen LogP contribution in [0.1, 0.15) is 116 Å². The molecule has 0 spiro atoms. The summed E-state index contributed by atoms with van der Waals surface area (Å²) >= 11 is 0. The number of ether oxygens (including phenoxy) is 6. The smallest absolute Gasteiger partial charge is 0.189 e. The molecule has 1 atom stereocenters. The van der Waals surface area contributed by atoms with E-state index in [1.165, 1.54) is 29.5 Å². The number of allylic oxidation sites excluding steroid dienone is 2. The molecule has 0 bridgehead atoms. The maximum atomic E-state index is 12.9. The van der Waals surface area contributed by atoms with Crippen LogP contribution in [0, 0.1) is 23.7 Å². The van der Waals surface area contributed by atoms with Gasteiger partial charge < -0.3 is 33.2 Å². The van der Waals surface area contributed by atoms with E-state index < -0.39 is 0 Å². The van der Waals surface area contributed by atoms with Crippen LogP contribution in [0.3, 0.4) is 0 Å². The van der Waals surface area contributed by atoms with Gasteiger partial charge in [0.05, 0.1) is 42.7 Å². The summed E-state index contributed by atoms with van der Waals surface area (Å²) in [6, 6.07) is 43.1. The van der Waals surface area contributed by atoms with Crippen molar-refractivity contribution in [3.63, 3.8) is 0 Å². The van der Waals surface area contributed by atoms with E-state index in [4.69, 9.17) is 28.4 Å². The van der Waals surface area contributed by atoms with Gasteiger partial charge >= 0.3 is 0 Å². The van der Waals surface area contributed by atoms with Crippen molar-refractivity contribution in [2.75, 3.05) is 81.9 Å². The van der Waals surface area contributed by atoms with Crippen LogP contribution in [0.2, 0.25) is 0 Å². The van der Waals surface area contributed by atoms with E-state index in [1.54, 1.807) is 48.7 Å². The largest absolute Gasteiger partial charge is 0.493 e. The lowest BCUT2D eigenvalue weighted by atomic mass is 9.85. The number of methoxy groups -OCH3 is 6. The van der Waals surface area contributed by atoms with Crippen LogP contribution < -0.4 is 28.4 Å². The molecule has 0 aromatic heterocycles. The molecule has 0 amide bonds. The van der Waals surface area contributed by atoms with E-state index in [0.29, 0.717) is 65.1 Å². The zero-order valence-electron chi connectivity index (χ0n) is 51.1. The number of likely N-dealkylation sites (tertiary alicyclic amines) is 3. The predicted molar refractivity (Wildman–Crippen MR) is 340 cm³/mol. The normalized spacial score (nSPS) is 18.4. The highest BCUT2D eigenvalue weighted by Crippen LogP contribution is 2.41. The van der Waals surface area contributed by atoms with Crippen LogP contribution in [-0.4, -0.2) is 120 Å². The molecular formula is C72H86ClN3O10. The first-order valence-electron chi connectivity index (χ1n) is 30.3. The Bertz CT molecular complexity index is 3220. The Morgan fingerprint density at radius 2 is 0.849 bits per heavy atom. The Kier molecular flexibility index (Phi) is 24.0. The molecule has 86 heavy (non-hydrogen) atoms. The van der Waals surface area contributed by atoms with Gasteiger partial charge in [0.25, 0.3) is 0 Å². The van der Waals surface area contributed by atoms with Gasteiger partial charge in [0.1, 0.15) is 6.29 Å². The van der Waals surface area contributed by atoms with E-state index in [1.807, 2.05) is 36.4 Å². The molecule has 6 aliphatic rings. The first-order chi connectivity index (χ1) is 41.5. The molecule has 3 aliphatic heterocycles. The number of benzene rings is 6. The van der Waals surface area contributed by atoms with Crippen LogP contribution in [0.25, 0.3) is 0 Å². The van der Waals surface area contributed by atoms with Crippen molar-refractivity contribution in [2.24, 2.45) is 23.7 Å². The van der Waals surface area contributed by atoms with Gasteiger partial charge in [0.15, 0.2) is 51.8 Å². The number of ketones is 3. The third-order valence-corrected chi connectivity index (χ3v) is 17.7. The SMILES string of the molecule is COc1cc2c(cc1OC)C(=O)C(=CC1CCN(Cc3ccccc3)CC1)C2.COc1cc2c(cc1OC)C(=O)C(CC1CCN(Cc3ccccc3)CC1)C2.COc1cc2c(cc1OC)C(=O)CC2.Cl.O=CC1CCN(Cc2ccccc2)CC1. The number of rotatable bonds is 16. The minimum absolute atomic E-state index is 0. The van der Waals surface area contributed by atoms with Gasteiger partial charge in [-0.3, -0.25) is 29.1 Å². The number of carbonyl (C=O) groups excluding carboxylic acids is 4. The number of piperidine rings is 3. The molecule has 1 unspecified atom stereocenters. The van der Waals surface area contributed by atoms with E-state index in [2.05, 4.69) is 106 Å². The van der Waals surface area contributed by atoms with Gasteiger partial charge in [-0.05, 0) is 179 Å². The molecule has 13 nitrogen and oxygen atoms in total. The molecule has 3 aliphatic carbocycles. The van der Waals surface area contributed by atoms with Crippen LogP contribution in [0.15, 0.2) is 139 Å². The second kappa shape index (κ2) is 31.9. The summed E-state index contributed by atoms with van der Waals surface area (Å²) in [4.78, 5) is 55.3. The minimum atomic E-state index is 0. The van der Waals surface area contributed by atoms with E-state index >= 15 is 0 Å². The lowest BCUT2D eigenvalue weighted by Crippen LogP contribution is -2.34. The quantitative estimate of drug-likeness (QED) is 0.0673. The second-order valence-electron chi connectivity index (χ2n) is 23.3. The Morgan fingerprint density at radius 3 is 1.30 bits per heavy atom. The van der Waals surface area contributed by atoms with Crippen LogP contribution in [-0.2, 0) is 43.7 Å². The van der Waals surface area contributed by atoms with Crippen LogP contribution in [0.4, 0.5) is 0 Å². The van der Waals surface area contributed by atoms with Crippen molar-refractivity contribution in [3.05, 3.63) is 189 Å². The maximum Gasteiger partial charge on any atom is 0.189 e. The summed E-state index contributed by atoms with van der Waals surface area (Å²) in [7, 11) is 9.65. The number of aldehydes is 1. The molecule has 456 valence electrons. The van der Waals surface area contributed by atoms with Crippen LogP contribution >= 0.6 is 12.4 Å². The van der Waals surface area contributed by atoms with Crippen molar-refractivity contribution in [3.8, 4) is 34.5 Å². The van der Waals surface area contributed by atoms with Crippen molar-refractivity contribution < 1.29 is 47.6 Å². The zero-order valence-corrected chi connectivity index (χ0v) is 51.9. The number of carbonyl (C=O) groups is 4. The molecule has 14 heteroatoms. The summed E-state index contributed by atoms with van der Waals surface area (Å²) < 4.78 is 31.8. The van der Waals surface area contributed by atoms with Crippen molar-refractivity contribution in [1.82, 2.24) is 14.7 Å². The zero-order chi connectivity index (χ0) is 59.7.